The molecule has 4 N–H and O–H groups in total. The predicted molar refractivity (Wildman–Crippen MR) is 172 cm³/mol. The summed E-state index contributed by atoms with van der Waals surface area (Å²) in [5.41, 5.74) is 3.93. The van der Waals surface area contributed by atoms with Gasteiger partial charge in [0.25, 0.3) is 0 Å². The van der Waals surface area contributed by atoms with Gasteiger partial charge >= 0.3 is 0 Å². The van der Waals surface area contributed by atoms with E-state index in [0.29, 0.717) is 40.5 Å². The van der Waals surface area contributed by atoms with Crippen molar-refractivity contribution < 1.29 is 13.2 Å². The van der Waals surface area contributed by atoms with E-state index in [0.717, 1.165) is 37.3 Å². The molecule has 228 valence electrons. The van der Waals surface area contributed by atoms with E-state index in [9.17, 15) is 8.42 Å². The highest BCUT2D eigenvalue weighted by atomic mass is 35.5. The normalized spacial score (nSPS) is 14.4. The molecule has 0 saturated carbocycles. The number of rotatable bonds is 12. The van der Waals surface area contributed by atoms with Crippen LogP contribution < -0.4 is 30.3 Å². The summed E-state index contributed by atoms with van der Waals surface area (Å²) in [6.07, 6.45) is 3.68. The summed E-state index contributed by atoms with van der Waals surface area (Å²) < 4.78 is 32.5. The number of anilines is 6. The van der Waals surface area contributed by atoms with Gasteiger partial charge in [0, 0.05) is 36.9 Å². The van der Waals surface area contributed by atoms with E-state index in [4.69, 9.17) is 16.3 Å². The topological polar surface area (TPSA) is 124 Å². The van der Waals surface area contributed by atoms with Crippen LogP contribution in [0.25, 0.3) is 0 Å². The average Bonchev–Trinajstić information content (AvgIpc) is 2.95. The van der Waals surface area contributed by atoms with Gasteiger partial charge in [-0.2, -0.15) is 4.98 Å². The molecule has 42 heavy (non-hydrogen) atoms. The highest BCUT2D eigenvalue weighted by Crippen LogP contribution is 2.40. The van der Waals surface area contributed by atoms with Crippen molar-refractivity contribution in [2.45, 2.75) is 44.5 Å². The second kappa shape index (κ2) is 13.8. The Hall–Kier alpha value is -3.32. The van der Waals surface area contributed by atoms with Crippen molar-refractivity contribution in [2.24, 2.45) is 0 Å². The van der Waals surface area contributed by atoms with Crippen molar-refractivity contribution >= 4 is 56.1 Å². The monoisotopic (exact) mass is 616 g/mol. The molecule has 2 aromatic carbocycles. The minimum absolute atomic E-state index is 0.192. The third-order valence-electron chi connectivity index (χ3n) is 7.21. The predicted octanol–water partition coefficient (Wildman–Crippen LogP) is 5.03. The smallest absolute Gasteiger partial charge is 0.229 e. The molecule has 2 heterocycles. The highest BCUT2D eigenvalue weighted by molar-refractivity contribution is 7.88. The van der Waals surface area contributed by atoms with Crippen molar-refractivity contribution in [3.8, 4) is 5.75 Å². The summed E-state index contributed by atoms with van der Waals surface area (Å²) >= 11 is 6.45. The van der Waals surface area contributed by atoms with Crippen LogP contribution in [0.15, 0.2) is 42.6 Å². The molecule has 1 aliphatic rings. The van der Waals surface area contributed by atoms with Gasteiger partial charge < -0.3 is 30.5 Å². The Morgan fingerprint density at radius 2 is 1.81 bits per heavy atom. The number of piperidine rings is 1. The van der Waals surface area contributed by atoms with E-state index in [1.807, 2.05) is 12.1 Å². The van der Waals surface area contributed by atoms with Crippen LogP contribution in [-0.2, 0) is 15.8 Å². The summed E-state index contributed by atoms with van der Waals surface area (Å²) in [7, 11) is 3.84. The molecule has 0 unspecified atom stereocenters. The lowest BCUT2D eigenvalue weighted by Gasteiger charge is -2.37. The van der Waals surface area contributed by atoms with Crippen LogP contribution in [0.1, 0.15) is 32.3 Å². The fourth-order valence-electron chi connectivity index (χ4n) is 4.96. The first-order valence-corrected chi connectivity index (χ1v) is 16.0. The SMILES string of the molecule is CNS(=O)(=O)Cc1ccccc1Nc1nc(Nc2cc(NC(C)C)c(N3CCC(N(C)C)CC3)cc2OC)ncc1Cl. The highest BCUT2D eigenvalue weighted by Gasteiger charge is 2.24. The lowest BCUT2D eigenvalue weighted by atomic mass is 10.0. The molecule has 0 aliphatic carbocycles. The second-order valence-electron chi connectivity index (χ2n) is 10.8. The van der Waals surface area contributed by atoms with Crippen LogP contribution in [0.5, 0.6) is 5.75 Å². The van der Waals surface area contributed by atoms with Gasteiger partial charge in [-0.25, -0.2) is 18.1 Å². The molecule has 11 nitrogen and oxygen atoms in total. The number of sulfonamides is 1. The maximum Gasteiger partial charge on any atom is 0.229 e. The first-order valence-electron chi connectivity index (χ1n) is 13.9. The van der Waals surface area contributed by atoms with E-state index in [1.165, 1.54) is 13.2 Å². The van der Waals surface area contributed by atoms with Crippen LogP contribution in [0, 0.1) is 0 Å². The largest absolute Gasteiger partial charge is 0.494 e. The molecule has 0 atom stereocenters. The number of nitrogens with zero attached hydrogens (tertiary/aromatic N) is 4. The Morgan fingerprint density at radius 1 is 1.10 bits per heavy atom. The van der Waals surface area contributed by atoms with Crippen LogP contribution in [0.4, 0.5) is 34.5 Å². The summed E-state index contributed by atoms with van der Waals surface area (Å²) in [6, 6.07) is 12.0. The number of ether oxygens (including phenoxy) is 1. The standard InChI is InChI=1S/C29H41ClN8O3S/c1-19(2)33-24-15-25(27(41-6)16-26(24)38-13-11-21(12-14-38)37(4)5)35-29-32-17-22(30)28(36-29)34-23-10-8-7-9-20(23)18-42(39,40)31-3/h7-10,15-17,19,21,31,33H,11-14,18H2,1-6H3,(H2,32,34,35,36). The number of para-hydroxylation sites is 1. The van der Waals surface area contributed by atoms with Gasteiger partial charge in [0.05, 0.1) is 36.1 Å². The molecule has 1 fully saturated rings. The fraction of sp³-hybridized carbons (Fsp3) is 0.448. The van der Waals surface area contributed by atoms with E-state index < -0.39 is 10.0 Å². The number of methoxy groups -OCH3 is 1. The molecule has 0 radical (unpaired) electrons. The Morgan fingerprint density at radius 3 is 2.45 bits per heavy atom. The number of hydrogen-bond donors (Lipinski definition) is 4. The van der Waals surface area contributed by atoms with Crippen molar-refractivity contribution in [3.05, 3.63) is 53.2 Å². The average molecular weight is 617 g/mol. The molecular weight excluding hydrogens is 576 g/mol. The Kier molecular flexibility index (Phi) is 10.4. The lowest BCUT2D eigenvalue weighted by Crippen LogP contribution is -2.42. The van der Waals surface area contributed by atoms with Crippen LogP contribution >= 0.6 is 11.6 Å². The molecule has 1 aromatic heterocycles. The number of hydrogen-bond acceptors (Lipinski definition) is 10. The zero-order valence-electron chi connectivity index (χ0n) is 25.0. The summed E-state index contributed by atoms with van der Waals surface area (Å²) in [5, 5.41) is 10.3. The quantitative estimate of drug-likeness (QED) is 0.220. The van der Waals surface area contributed by atoms with Crippen molar-refractivity contribution in [2.75, 3.05) is 62.2 Å². The number of nitrogens with one attached hydrogen (secondary N) is 4. The van der Waals surface area contributed by atoms with Crippen LogP contribution in [0.3, 0.4) is 0 Å². The van der Waals surface area contributed by atoms with Gasteiger partial charge in [-0.05, 0) is 65.5 Å². The first-order chi connectivity index (χ1) is 20.0. The van der Waals surface area contributed by atoms with Gasteiger partial charge in [-0.1, -0.05) is 29.8 Å². The minimum atomic E-state index is -3.48. The van der Waals surface area contributed by atoms with Crippen LogP contribution in [0.2, 0.25) is 5.02 Å². The maximum atomic E-state index is 12.2. The Balaban J connectivity index is 1.62. The molecule has 1 saturated heterocycles. The van der Waals surface area contributed by atoms with Gasteiger partial charge in [-0.3, -0.25) is 0 Å². The van der Waals surface area contributed by atoms with Crippen LogP contribution in [-0.4, -0.2) is 76.7 Å². The third-order valence-corrected chi connectivity index (χ3v) is 8.80. The van der Waals surface area contributed by atoms with E-state index >= 15 is 0 Å². The number of benzene rings is 2. The molecular formula is C29H41ClN8O3S. The fourth-order valence-corrected chi connectivity index (χ4v) is 5.90. The van der Waals surface area contributed by atoms with E-state index in [-0.39, 0.29) is 16.8 Å². The van der Waals surface area contributed by atoms with E-state index in [1.54, 1.807) is 25.3 Å². The molecule has 0 bridgehead atoms. The number of aromatic nitrogens is 2. The maximum absolute atomic E-state index is 12.2. The molecule has 0 spiro atoms. The number of halogens is 1. The molecule has 3 aromatic rings. The van der Waals surface area contributed by atoms with E-state index in [2.05, 4.69) is 74.4 Å². The van der Waals surface area contributed by atoms with Crippen molar-refractivity contribution in [1.82, 2.24) is 19.6 Å². The Bertz CT molecular complexity index is 1480. The first kappa shape index (κ1) is 31.6. The lowest BCUT2D eigenvalue weighted by molar-refractivity contribution is 0.249. The van der Waals surface area contributed by atoms with Gasteiger partial charge in [-0.15, -0.1) is 0 Å². The zero-order valence-corrected chi connectivity index (χ0v) is 26.6. The van der Waals surface area contributed by atoms with Gasteiger partial charge in [0.15, 0.2) is 5.82 Å². The zero-order chi connectivity index (χ0) is 30.4. The van der Waals surface area contributed by atoms with Crippen molar-refractivity contribution in [1.29, 1.82) is 0 Å². The molecule has 0 amide bonds. The van der Waals surface area contributed by atoms with Gasteiger partial charge in [0.2, 0.25) is 16.0 Å². The summed E-state index contributed by atoms with van der Waals surface area (Å²) in [4.78, 5) is 13.7. The summed E-state index contributed by atoms with van der Waals surface area (Å²) in [6.45, 7) is 6.13. The summed E-state index contributed by atoms with van der Waals surface area (Å²) in [5.74, 6) is 1.10. The molecule has 4 rings (SSSR count). The minimum Gasteiger partial charge on any atom is -0.494 e. The Labute approximate surface area is 254 Å². The van der Waals surface area contributed by atoms with Crippen molar-refractivity contribution in [3.63, 3.8) is 0 Å². The third kappa shape index (κ3) is 7.94. The second-order valence-corrected chi connectivity index (χ2v) is 13.1. The van der Waals surface area contributed by atoms with Gasteiger partial charge in [0.1, 0.15) is 10.8 Å². The molecule has 1 aliphatic heterocycles. The molecule has 13 heteroatoms.